The van der Waals surface area contributed by atoms with Crippen LogP contribution in [0.1, 0.15) is 24.5 Å². The number of aryl methyl sites for hydroxylation is 2. The summed E-state index contributed by atoms with van der Waals surface area (Å²) >= 11 is 0. The number of aliphatic hydroxyl groups is 1. The van der Waals surface area contributed by atoms with Gasteiger partial charge < -0.3 is 14.0 Å². The Morgan fingerprint density at radius 1 is 1.04 bits per heavy atom. The summed E-state index contributed by atoms with van der Waals surface area (Å²) in [5.74, 6) is 0.499. The lowest BCUT2D eigenvalue weighted by atomic mass is 10.2. The summed E-state index contributed by atoms with van der Waals surface area (Å²) < 4.78 is 35.2. The highest BCUT2D eigenvalue weighted by atomic mass is 32.2. The van der Waals surface area contributed by atoms with Crippen LogP contribution < -0.4 is 8.92 Å². The minimum Gasteiger partial charge on any atom is -0.465 e. The van der Waals surface area contributed by atoms with Gasteiger partial charge in [-0.05, 0) is 49.2 Å². The number of hydrogen-bond donors (Lipinski definition) is 1. The van der Waals surface area contributed by atoms with Crippen molar-refractivity contribution in [1.82, 2.24) is 0 Å². The first-order valence-electron chi connectivity index (χ1n) is 7.28. The predicted molar refractivity (Wildman–Crippen MR) is 87.1 cm³/mol. The quantitative estimate of drug-likeness (QED) is 0.648. The van der Waals surface area contributed by atoms with Crippen LogP contribution >= 0.6 is 0 Å². The molecule has 5 nitrogen and oxygen atoms in total. The van der Waals surface area contributed by atoms with E-state index in [0.29, 0.717) is 12.2 Å². The standard InChI is InChI=1S/C17H20O5S/c1-4-17(18)21-14-8-13(3)9-15(11-14)22-23(19,20)16-7-5-6-12(2)10-16/h5-11,17-18H,4H2,1-3H3. The molecule has 2 rings (SSSR count). The molecule has 2 aromatic carbocycles. The molecule has 1 unspecified atom stereocenters. The second-order valence-electron chi connectivity index (χ2n) is 5.32. The van der Waals surface area contributed by atoms with E-state index in [9.17, 15) is 13.5 Å². The second kappa shape index (κ2) is 7.02. The SMILES string of the molecule is CCC(O)Oc1cc(C)cc(OS(=O)(=O)c2cccc(C)c2)c1. The van der Waals surface area contributed by atoms with E-state index in [0.717, 1.165) is 11.1 Å². The third-order valence-electron chi connectivity index (χ3n) is 3.13. The number of rotatable bonds is 6. The van der Waals surface area contributed by atoms with Crippen molar-refractivity contribution in [2.24, 2.45) is 0 Å². The molecule has 23 heavy (non-hydrogen) atoms. The average molecular weight is 336 g/mol. The van der Waals surface area contributed by atoms with Crippen LogP contribution in [0.5, 0.6) is 11.5 Å². The summed E-state index contributed by atoms with van der Waals surface area (Å²) in [7, 11) is -3.92. The Morgan fingerprint density at radius 3 is 2.39 bits per heavy atom. The fourth-order valence-electron chi connectivity index (χ4n) is 2.02. The Bertz CT molecular complexity index is 783. The van der Waals surface area contributed by atoms with Crippen molar-refractivity contribution >= 4 is 10.1 Å². The molecule has 0 heterocycles. The lowest BCUT2D eigenvalue weighted by Gasteiger charge is -2.14. The van der Waals surface area contributed by atoms with E-state index >= 15 is 0 Å². The Hall–Kier alpha value is -2.05. The molecule has 0 radical (unpaired) electrons. The number of benzene rings is 2. The van der Waals surface area contributed by atoms with Crippen LogP contribution in [0.2, 0.25) is 0 Å². The summed E-state index contributed by atoms with van der Waals surface area (Å²) in [5, 5.41) is 9.55. The Balaban J connectivity index is 2.28. The van der Waals surface area contributed by atoms with E-state index in [4.69, 9.17) is 8.92 Å². The molecule has 1 N–H and O–H groups in total. The van der Waals surface area contributed by atoms with Gasteiger partial charge in [-0.2, -0.15) is 8.42 Å². The van der Waals surface area contributed by atoms with Gasteiger partial charge in [0.05, 0.1) is 0 Å². The highest BCUT2D eigenvalue weighted by Crippen LogP contribution is 2.26. The van der Waals surface area contributed by atoms with Crippen LogP contribution in [-0.2, 0) is 10.1 Å². The molecule has 0 saturated carbocycles. The molecule has 0 aliphatic carbocycles. The molecular formula is C17H20O5S. The van der Waals surface area contributed by atoms with E-state index in [1.807, 2.05) is 13.0 Å². The van der Waals surface area contributed by atoms with Crippen molar-refractivity contribution in [2.45, 2.75) is 38.4 Å². The lowest BCUT2D eigenvalue weighted by Crippen LogP contribution is -2.14. The Labute approximate surface area is 136 Å². The van der Waals surface area contributed by atoms with Crippen molar-refractivity contribution < 1.29 is 22.4 Å². The fourth-order valence-corrected chi connectivity index (χ4v) is 3.04. The highest BCUT2D eigenvalue weighted by Gasteiger charge is 2.17. The van der Waals surface area contributed by atoms with Gasteiger partial charge in [-0.25, -0.2) is 0 Å². The maximum absolute atomic E-state index is 12.3. The molecule has 0 aliphatic heterocycles. The van der Waals surface area contributed by atoms with Gasteiger partial charge in [-0.1, -0.05) is 19.1 Å². The van der Waals surface area contributed by atoms with E-state index < -0.39 is 16.4 Å². The first kappa shape index (κ1) is 17.3. The predicted octanol–water partition coefficient (Wildman–Crippen LogP) is 3.18. The number of hydrogen-bond acceptors (Lipinski definition) is 5. The van der Waals surface area contributed by atoms with Gasteiger partial charge in [0.15, 0.2) is 6.29 Å². The van der Waals surface area contributed by atoms with Crippen LogP contribution in [-0.4, -0.2) is 19.8 Å². The largest absolute Gasteiger partial charge is 0.465 e. The van der Waals surface area contributed by atoms with E-state index in [2.05, 4.69) is 0 Å². The normalized spacial score (nSPS) is 12.7. The zero-order valence-electron chi connectivity index (χ0n) is 13.3. The zero-order valence-corrected chi connectivity index (χ0v) is 14.1. The van der Waals surface area contributed by atoms with Gasteiger partial charge in [-0.3, -0.25) is 0 Å². The molecule has 0 saturated heterocycles. The Kier molecular flexibility index (Phi) is 5.28. The van der Waals surface area contributed by atoms with Crippen LogP contribution in [0.4, 0.5) is 0 Å². The molecule has 0 aliphatic rings. The molecule has 0 bridgehead atoms. The lowest BCUT2D eigenvalue weighted by molar-refractivity contribution is -0.0192. The molecule has 0 fully saturated rings. The number of aliphatic hydroxyl groups excluding tert-OH is 1. The minimum absolute atomic E-state index is 0.0927. The van der Waals surface area contributed by atoms with Crippen LogP contribution in [0.25, 0.3) is 0 Å². The second-order valence-corrected chi connectivity index (χ2v) is 6.86. The third kappa shape index (κ3) is 4.71. The minimum atomic E-state index is -3.92. The maximum Gasteiger partial charge on any atom is 0.339 e. The van der Waals surface area contributed by atoms with Gasteiger partial charge >= 0.3 is 10.1 Å². The average Bonchev–Trinajstić information content (AvgIpc) is 2.46. The van der Waals surface area contributed by atoms with Gasteiger partial charge in [0, 0.05) is 12.5 Å². The van der Waals surface area contributed by atoms with Gasteiger partial charge in [0.1, 0.15) is 16.4 Å². The Morgan fingerprint density at radius 2 is 1.74 bits per heavy atom. The van der Waals surface area contributed by atoms with Crippen molar-refractivity contribution in [3.8, 4) is 11.5 Å². The topological polar surface area (TPSA) is 72.8 Å². The van der Waals surface area contributed by atoms with Crippen molar-refractivity contribution in [2.75, 3.05) is 0 Å². The number of ether oxygens (including phenoxy) is 1. The summed E-state index contributed by atoms with van der Waals surface area (Å²) in [5.41, 5.74) is 1.59. The van der Waals surface area contributed by atoms with Gasteiger partial charge in [0.2, 0.25) is 0 Å². The third-order valence-corrected chi connectivity index (χ3v) is 4.37. The van der Waals surface area contributed by atoms with Crippen LogP contribution in [0.15, 0.2) is 47.4 Å². The molecule has 124 valence electrons. The maximum atomic E-state index is 12.3. The van der Waals surface area contributed by atoms with Crippen LogP contribution in [0.3, 0.4) is 0 Å². The molecule has 0 amide bonds. The smallest absolute Gasteiger partial charge is 0.339 e. The molecule has 1 atom stereocenters. The summed E-state index contributed by atoms with van der Waals surface area (Å²) in [6.45, 7) is 5.38. The van der Waals surface area contributed by atoms with Gasteiger partial charge in [-0.15, -0.1) is 0 Å². The van der Waals surface area contributed by atoms with E-state index in [1.54, 1.807) is 38.1 Å². The first-order valence-corrected chi connectivity index (χ1v) is 8.68. The molecule has 6 heteroatoms. The zero-order chi connectivity index (χ0) is 17.0. The molecule has 2 aromatic rings. The molecular weight excluding hydrogens is 316 g/mol. The van der Waals surface area contributed by atoms with Crippen LogP contribution in [0, 0.1) is 13.8 Å². The summed E-state index contributed by atoms with van der Waals surface area (Å²) in [6, 6.07) is 11.2. The first-order chi connectivity index (χ1) is 10.8. The summed E-state index contributed by atoms with van der Waals surface area (Å²) in [4.78, 5) is 0.0927. The van der Waals surface area contributed by atoms with E-state index in [-0.39, 0.29) is 10.6 Å². The van der Waals surface area contributed by atoms with E-state index in [1.165, 1.54) is 12.1 Å². The van der Waals surface area contributed by atoms with Crippen molar-refractivity contribution in [3.05, 3.63) is 53.6 Å². The summed E-state index contributed by atoms with van der Waals surface area (Å²) in [6.07, 6.45) is -0.524. The van der Waals surface area contributed by atoms with Gasteiger partial charge in [0.25, 0.3) is 0 Å². The molecule has 0 spiro atoms. The van der Waals surface area contributed by atoms with Crippen molar-refractivity contribution in [1.29, 1.82) is 0 Å². The fraction of sp³-hybridized carbons (Fsp3) is 0.294. The monoisotopic (exact) mass is 336 g/mol. The highest BCUT2D eigenvalue weighted by molar-refractivity contribution is 7.87. The van der Waals surface area contributed by atoms with Crippen molar-refractivity contribution in [3.63, 3.8) is 0 Å². The molecule has 0 aromatic heterocycles.